The molecule has 0 atom stereocenters. The van der Waals surface area contributed by atoms with E-state index in [4.69, 9.17) is 5.11 Å². The molecule has 2 heterocycles. The first-order valence-corrected chi connectivity index (χ1v) is 8.28. The fraction of sp³-hybridized carbons (Fsp3) is 0.143. The zero-order chi connectivity index (χ0) is 16.6. The Morgan fingerprint density at radius 3 is 2.87 bits per heavy atom. The Hall–Kier alpha value is -2.81. The largest absolute Gasteiger partial charge is 0.478 e. The Morgan fingerprint density at radius 1 is 1.43 bits per heavy atom. The molecule has 8 nitrogen and oxygen atoms in total. The third-order valence-corrected chi connectivity index (χ3v) is 4.68. The van der Waals surface area contributed by atoms with Crippen LogP contribution in [-0.2, 0) is 16.6 Å². The molecule has 0 saturated heterocycles. The third kappa shape index (κ3) is 2.78. The molecule has 0 radical (unpaired) electrons. The third-order valence-electron chi connectivity index (χ3n) is 3.41. The zero-order valence-electron chi connectivity index (χ0n) is 12.1. The van der Waals surface area contributed by atoms with E-state index in [1.807, 2.05) is 6.92 Å². The van der Waals surface area contributed by atoms with Crippen molar-refractivity contribution in [1.29, 1.82) is 0 Å². The minimum absolute atomic E-state index is 0.0721. The summed E-state index contributed by atoms with van der Waals surface area (Å²) in [5.41, 5.74) is 0.986. The predicted octanol–water partition coefficient (Wildman–Crippen LogP) is 1.88. The fourth-order valence-corrected chi connectivity index (χ4v) is 3.23. The van der Waals surface area contributed by atoms with Gasteiger partial charge in [0.05, 0.1) is 17.6 Å². The average Bonchev–Trinajstić information content (AvgIpc) is 3.13. The van der Waals surface area contributed by atoms with Gasteiger partial charge in [0.25, 0.3) is 10.0 Å². The van der Waals surface area contributed by atoms with Crippen molar-refractivity contribution in [3.8, 4) is 0 Å². The van der Waals surface area contributed by atoms with Crippen molar-refractivity contribution < 1.29 is 18.3 Å². The highest BCUT2D eigenvalue weighted by Crippen LogP contribution is 2.23. The quantitative estimate of drug-likeness (QED) is 0.658. The summed E-state index contributed by atoms with van der Waals surface area (Å²) >= 11 is 0. The molecule has 120 valence electrons. The number of carbonyl (C=O) groups is 1. The van der Waals surface area contributed by atoms with Gasteiger partial charge in [-0.25, -0.2) is 9.78 Å². The van der Waals surface area contributed by atoms with Crippen molar-refractivity contribution in [2.75, 3.05) is 4.72 Å². The van der Waals surface area contributed by atoms with Gasteiger partial charge in [-0.2, -0.15) is 8.42 Å². The molecular weight excluding hydrogens is 320 g/mol. The van der Waals surface area contributed by atoms with E-state index in [1.54, 1.807) is 10.6 Å². The highest BCUT2D eigenvalue weighted by atomic mass is 32.2. The number of aromatic amines is 1. The predicted molar refractivity (Wildman–Crippen MR) is 84.0 cm³/mol. The lowest BCUT2D eigenvalue weighted by Crippen LogP contribution is -2.13. The summed E-state index contributed by atoms with van der Waals surface area (Å²) in [4.78, 5) is 17.7. The number of carboxylic acids is 1. The van der Waals surface area contributed by atoms with Gasteiger partial charge in [-0.05, 0) is 25.1 Å². The molecule has 0 aliphatic heterocycles. The lowest BCUT2D eigenvalue weighted by atomic mass is 10.1. The molecule has 0 bridgehead atoms. The number of carboxylic acid groups (broad SMARTS) is 1. The van der Waals surface area contributed by atoms with E-state index in [2.05, 4.69) is 14.7 Å². The van der Waals surface area contributed by atoms with Crippen LogP contribution in [-0.4, -0.2) is 34.0 Å². The lowest BCUT2D eigenvalue weighted by molar-refractivity contribution is 0.0699. The number of aromatic nitrogens is 3. The highest BCUT2D eigenvalue weighted by molar-refractivity contribution is 7.92. The molecule has 3 N–H and O–H groups in total. The molecular formula is C14H14N4O4S. The number of nitrogens with one attached hydrogen (secondary N) is 2. The van der Waals surface area contributed by atoms with Crippen LogP contribution in [0.5, 0.6) is 0 Å². The first kappa shape index (κ1) is 15.1. The van der Waals surface area contributed by atoms with Crippen LogP contribution in [0.25, 0.3) is 10.9 Å². The van der Waals surface area contributed by atoms with E-state index in [-0.39, 0.29) is 10.6 Å². The molecule has 2 aromatic heterocycles. The molecule has 23 heavy (non-hydrogen) atoms. The summed E-state index contributed by atoms with van der Waals surface area (Å²) in [6.45, 7) is 2.50. The topological polar surface area (TPSA) is 117 Å². The molecule has 0 saturated carbocycles. The molecule has 9 heteroatoms. The van der Waals surface area contributed by atoms with Gasteiger partial charge >= 0.3 is 5.97 Å². The number of hydrogen-bond acceptors (Lipinski definition) is 4. The number of fused-ring (bicyclic) bond motifs is 1. The van der Waals surface area contributed by atoms with Gasteiger partial charge in [-0.3, -0.25) is 4.72 Å². The molecule has 0 unspecified atom stereocenters. The lowest BCUT2D eigenvalue weighted by Gasteiger charge is -2.06. The summed E-state index contributed by atoms with van der Waals surface area (Å²) in [5.74, 6) is -1.05. The number of aryl methyl sites for hydroxylation is 1. The molecule has 0 aliphatic rings. The maximum Gasteiger partial charge on any atom is 0.337 e. The molecule has 3 rings (SSSR count). The Bertz CT molecular complexity index is 987. The minimum Gasteiger partial charge on any atom is -0.478 e. The van der Waals surface area contributed by atoms with Crippen molar-refractivity contribution in [2.45, 2.75) is 18.5 Å². The normalized spacial score (nSPS) is 11.7. The number of aromatic carboxylic acids is 1. The van der Waals surface area contributed by atoms with Crippen LogP contribution >= 0.6 is 0 Å². The van der Waals surface area contributed by atoms with Crippen LogP contribution in [0.3, 0.4) is 0 Å². The smallest absolute Gasteiger partial charge is 0.337 e. The highest BCUT2D eigenvalue weighted by Gasteiger charge is 2.18. The van der Waals surface area contributed by atoms with E-state index in [0.717, 1.165) is 0 Å². The van der Waals surface area contributed by atoms with Gasteiger partial charge in [0, 0.05) is 29.8 Å². The van der Waals surface area contributed by atoms with E-state index >= 15 is 0 Å². The number of H-pyrrole nitrogens is 1. The summed E-state index contributed by atoms with van der Waals surface area (Å²) in [6.07, 6.45) is 4.26. The van der Waals surface area contributed by atoms with Gasteiger partial charge in [0.1, 0.15) is 0 Å². The standard InChI is InChI=1S/C14H14N4O4S/c1-2-18-7-13(16-8-18)23(21,22)17-9-3-4-10-11(14(19)20)6-15-12(10)5-9/h3-8,15,17H,2H2,1H3,(H,19,20). The monoisotopic (exact) mass is 334 g/mol. The number of nitrogens with zero attached hydrogens (tertiary/aromatic N) is 2. The van der Waals surface area contributed by atoms with Gasteiger partial charge in [-0.1, -0.05) is 0 Å². The van der Waals surface area contributed by atoms with Crippen molar-refractivity contribution in [3.05, 3.63) is 42.5 Å². The average molecular weight is 334 g/mol. The Labute approximate surface area is 131 Å². The molecule has 0 spiro atoms. The Morgan fingerprint density at radius 2 is 2.22 bits per heavy atom. The van der Waals surface area contributed by atoms with Crippen LogP contribution in [0.4, 0.5) is 5.69 Å². The van der Waals surface area contributed by atoms with Crippen LogP contribution in [0.2, 0.25) is 0 Å². The van der Waals surface area contributed by atoms with Gasteiger partial charge in [0.2, 0.25) is 0 Å². The van der Waals surface area contributed by atoms with E-state index in [0.29, 0.717) is 23.1 Å². The van der Waals surface area contributed by atoms with Crippen molar-refractivity contribution in [2.24, 2.45) is 0 Å². The zero-order valence-corrected chi connectivity index (χ0v) is 13.0. The molecule has 0 fully saturated rings. The van der Waals surface area contributed by atoms with E-state index < -0.39 is 16.0 Å². The van der Waals surface area contributed by atoms with Crippen molar-refractivity contribution in [1.82, 2.24) is 14.5 Å². The second-order valence-electron chi connectivity index (χ2n) is 4.92. The van der Waals surface area contributed by atoms with Crippen LogP contribution in [0.1, 0.15) is 17.3 Å². The second kappa shape index (κ2) is 5.43. The first-order chi connectivity index (χ1) is 10.9. The maximum absolute atomic E-state index is 12.3. The number of benzene rings is 1. The Kier molecular flexibility index (Phi) is 3.57. The first-order valence-electron chi connectivity index (χ1n) is 6.79. The molecule has 0 aliphatic carbocycles. The SMILES string of the molecule is CCn1cnc(S(=O)(=O)Nc2ccc3c(C(=O)O)c[nH]c3c2)c1. The van der Waals surface area contributed by atoms with E-state index in [1.165, 1.54) is 30.9 Å². The van der Waals surface area contributed by atoms with Crippen LogP contribution in [0.15, 0.2) is 41.9 Å². The number of sulfonamides is 1. The van der Waals surface area contributed by atoms with Crippen molar-refractivity contribution >= 4 is 32.6 Å². The van der Waals surface area contributed by atoms with Gasteiger partial charge in [0.15, 0.2) is 5.03 Å². The molecule has 3 aromatic rings. The molecule has 1 aromatic carbocycles. The van der Waals surface area contributed by atoms with Gasteiger partial charge < -0.3 is 14.7 Å². The second-order valence-corrected chi connectivity index (χ2v) is 6.54. The number of hydrogen-bond donors (Lipinski definition) is 3. The molecule has 0 amide bonds. The maximum atomic E-state index is 12.3. The Balaban J connectivity index is 1.93. The van der Waals surface area contributed by atoms with Crippen molar-refractivity contribution in [3.63, 3.8) is 0 Å². The number of rotatable bonds is 5. The van der Waals surface area contributed by atoms with Gasteiger partial charge in [-0.15, -0.1) is 0 Å². The summed E-state index contributed by atoms with van der Waals surface area (Å²) in [6, 6.07) is 4.60. The minimum atomic E-state index is -3.79. The number of anilines is 1. The fourth-order valence-electron chi connectivity index (χ4n) is 2.23. The summed E-state index contributed by atoms with van der Waals surface area (Å²) in [5, 5.41) is 9.50. The number of imidazole rings is 1. The van der Waals surface area contributed by atoms with E-state index in [9.17, 15) is 13.2 Å². The van der Waals surface area contributed by atoms with Crippen LogP contribution in [0, 0.1) is 0 Å². The summed E-state index contributed by atoms with van der Waals surface area (Å²) in [7, 11) is -3.79. The van der Waals surface area contributed by atoms with Crippen LogP contribution < -0.4 is 4.72 Å². The summed E-state index contributed by atoms with van der Waals surface area (Å²) < 4.78 is 28.7.